The molecule has 200 valence electrons. The van der Waals surface area contributed by atoms with Crippen LogP contribution in [-0.2, 0) is 16.0 Å². The van der Waals surface area contributed by atoms with Crippen molar-refractivity contribution in [2.24, 2.45) is 11.7 Å². The summed E-state index contributed by atoms with van der Waals surface area (Å²) in [4.78, 5) is 25.8. The number of hydrogen-bond donors (Lipinski definition) is 5. The molecule has 1 heterocycles. The summed E-state index contributed by atoms with van der Waals surface area (Å²) in [6.07, 6.45) is 1.03. The van der Waals surface area contributed by atoms with Gasteiger partial charge in [-0.15, -0.1) is 0 Å². The van der Waals surface area contributed by atoms with Crippen molar-refractivity contribution in [2.75, 3.05) is 62.0 Å². The molecule has 0 aliphatic rings. The lowest BCUT2D eigenvalue weighted by Gasteiger charge is -2.13. The van der Waals surface area contributed by atoms with Crippen LogP contribution in [-0.4, -0.2) is 73.0 Å². The summed E-state index contributed by atoms with van der Waals surface area (Å²) in [5, 5.41) is 12.6. The van der Waals surface area contributed by atoms with E-state index < -0.39 is 0 Å². The summed E-state index contributed by atoms with van der Waals surface area (Å²) in [6, 6.07) is 7.61. The van der Waals surface area contributed by atoms with Crippen molar-refractivity contribution in [3.05, 3.63) is 35.4 Å². The highest BCUT2D eigenvalue weighted by Crippen LogP contribution is 2.13. The summed E-state index contributed by atoms with van der Waals surface area (Å²) >= 11 is 0. The Morgan fingerprint density at radius 1 is 0.861 bits per heavy atom. The SMILES string of the molecule is CC(C)CCNc1nc(NCc2ccc(C(=O)NCCOCCOCCN)cc2)nc(NC(C)C)n1. The minimum atomic E-state index is -0.142. The Morgan fingerprint density at radius 2 is 1.50 bits per heavy atom. The standard InChI is InChI=1S/C25H42N8O3/c1-18(2)9-11-28-23-31-24(33-25(32-23)30-19(3)4)29-17-20-5-7-21(8-6-20)22(34)27-12-14-36-16-15-35-13-10-26/h5-8,18-19H,9-17,26H2,1-4H3,(H,27,34)(H3,28,29,30,31,32,33). The maximum atomic E-state index is 12.3. The Balaban J connectivity index is 1.83. The number of aromatic nitrogens is 3. The fourth-order valence-corrected chi connectivity index (χ4v) is 3.03. The molecule has 0 atom stereocenters. The highest BCUT2D eigenvalue weighted by atomic mass is 16.5. The second-order valence-corrected chi connectivity index (χ2v) is 9.03. The second kappa shape index (κ2) is 16.6. The fourth-order valence-electron chi connectivity index (χ4n) is 3.03. The number of nitrogens with zero attached hydrogens (tertiary/aromatic N) is 3. The van der Waals surface area contributed by atoms with Gasteiger partial charge in [-0.1, -0.05) is 26.0 Å². The average molecular weight is 503 g/mol. The minimum Gasteiger partial charge on any atom is -0.378 e. The highest BCUT2D eigenvalue weighted by molar-refractivity contribution is 5.94. The van der Waals surface area contributed by atoms with E-state index in [1.54, 1.807) is 12.1 Å². The van der Waals surface area contributed by atoms with Crippen LogP contribution in [0.15, 0.2) is 24.3 Å². The number of rotatable bonds is 18. The molecule has 1 aromatic heterocycles. The van der Waals surface area contributed by atoms with Crippen molar-refractivity contribution < 1.29 is 14.3 Å². The van der Waals surface area contributed by atoms with Gasteiger partial charge in [0.15, 0.2) is 0 Å². The van der Waals surface area contributed by atoms with E-state index in [4.69, 9.17) is 15.2 Å². The molecule has 0 unspecified atom stereocenters. The maximum Gasteiger partial charge on any atom is 0.251 e. The normalized spacial score (nSPS) is 11.1. The van der Waals surface area contributed by atoms with Gasteiger partial charge in [-0.25, -0.2) is 0 Å². The topological polar surface area (TPSA) is 148 Å². The predicted molar refractivity (Wildman–Crippen MR) is 143 cm³/mol. The first-order valence-electron chi connectivity index (χ1n) is 12.6. The Labute approximate surface area is 214 Å². The smallest absolute Gasteiger partial charge is 0.251 e. The van der Waals surface area contributed by atoms with Crippen LogP contribution in [0, 0.1) is 5.92 Å². The summed E-state index contributed by atoms with van der Waals surface area (Å²) < 4.78 is 10.6. The van der Waals surface area contributed by atoms with Crippen LogP contribution in [0.4, 0.5) is 17.8 Å². The van der Waals surface area contributed by atoms with Crippen molar-refractivity contribution in [1.82, 2.24) is 20.3 Å². The lowest BCUT2D eigenvalue weighted by Crippen LogP contribution is -2.27. The summed E-state index contributed by atoms with van der Waals surface area (Å²) in [6.45, 7) is 12.6. The first-order chi connectivity index (χ1) is 17.4. The third kappa shape index (κ3) is 12.1. The number of carbonyl (C=O) groups is 1. The van der Waals surface area contributed by atoms with Crippen LogP contribution in [0.2, 0.25) is 0 Å². The Bertz CT molecular complexity index is 893. The molecule has 11 heteroatoms. The molecule has 2 rings (SSSR count). The molecule has 2 aromatic rings. The average Bonchev–Trinajstić information content (AvgIpc) is 2.84. The van der Waals surface area contributed by atoms with Gasteiger partial charge in [0.05, 0.1) is 26.4 Å². The molecule has 1 amide bonds. The van der Waals surface area contributed by atoms with E-state index in [1.165, 1.54) is 0 Å². The van der Waals surface area contributed by atoms with Gasteiger partial charge in [0.2, 0.25) is 17.8 Å². The molecule has 0 aliphatic heterocycles. The van der Waals surface area contributed by atoms with E-state index in [0.29, 0.717) is 75.4 Å². The van der Waals surface area contributed by atoms with Crippen molar-refractivity contribution in [3.63, 3.8) is 0 Å². The molecule has 0 fully saturated rings. The zero-order valence-corrected chi connectivity index (χ0v) is 22.0. The van der Waals surface area contributed by atoms with Gasteiger partial charge in [0, 0.05) is 37.8 Å². The third-order valence-electron chi connectivity index (χ3n) is 4.89. The second-order valence-electron chi connectivity index (χ2n) is 9.03. The van der Waals surface area contributed by atoms with Gasteiger partial charge < -0.3 is 36.5 Å². The molecular weight excluding hydrogens is 460 g/mol. The van der Waals surface area contributed by atoms with E-state index in [1.807, 2.05) is 26.0 Å². The third-order valence-corrected chi connectivity index (χ3v) is 4.89. The van der Waals surface area contributed by atoms with Gasteiger partial charge in [0.1, 0.15) is 0 Å². The number of carbonyl (C=O) groups excluding carboxylic acids is 1. The van der Waals surface area contributed by atoms with E-state index in [2.05, 4.69) is 50.1 Å². The summed E-state index contributed by atoms with van der Waals surface area (Å²) in [5.41, 5.74) is 6.94. The number of nitrogens with one attached hydrogen (secondary N) is 4. The first kappa shape index (κ1) is 29.2. The predicted octanol–water partition coefficient (Wildman–Crippen LogP) is 2.48. The van der Waals surface area contributed by atoms with Gasteiger partial charge >= 0.3 is 0 Å². The summed E-state index contributed by atoms with van der Waals surface area (Å²) in [5.74, 6) is 1.99. The number of nitrogens with two attached hydrogens (primary N) is 1. The fraction of sp³-hybridized carbons (Fsp3) is 0.600. The van der Waals surface area contributed by atoms with E-state index in [0.717, 1.165) is 18.5 Å². The maximum absolute atomic E-state index is 12.3. The number of ether oxygens (including phenoxy) is 2. The number of benzene rings is 1. The highest BCUT2D eigenvalue weighted by Gasteiger charge is 2.09. The van der Waals surface area contributed by atoms with Gasteiger partial charge in [-0.2, -0.15) is 15.0 Å². The van der Waals surface area contributed by atoms with Crippen molar-refractivity contribution in [2.45, 2.75) is 46.7 Å². The van der Waals surface area contributed by atoms with Crippen LogP contribution < -0.4 is 27.0 Å². The monoisotopic (exact) mass is 502 g/mol. The largest absolute Gasteiger partial charge is 0.378 e. The number of amides is 1. The van der Waals surface area contributed by atoms with Crippen LogP contribution in [0.1, 0.15) is 50.0 Å². The lowest BCUT2D eigenvalue weighted by molar-refractivity contribution is 0.0511. The number of anilines is 3. The zero-order chi connectivity index (χ0) is 26.2. The van der Waals surface area contributed by atoms with Crippen molar-refractivity contribution in [1.29, 1.82) is 0 Å². The molecule has 36 heavy (non-hydrogen) atoms. The zero-order valence-electron chi connectivity index (χ0n) is 22.0. The van der Waals surface area contributed by atoms with Gasteiger partial charge in [0.25, 0.3) is 5.91 Å². The van der Waals surface area contributed by atoms with Gasteiger partial charge in [-0.3, -0.25) is 4.79 Å². The molecule has 0 aliphatic carbocycles. The molecule has 0 bridgehead atoms. The van der Waals surface area contributed by atoms with Crippen LogP contribution >= 0.6 is 0 Å². The molecule has 11 nitrogen and oxygen atoms in total. The van der Waals surface area contributed by atoms with Crippen LogP contribution in [0.25, 0.3) is 0 Å². The molecule has 0 saturated carbocycles. The van der Waals surface area contributed by atoms with Crippen molar-refractivity contribution >= 4 is 23.8 Å². The minimum absolute atomic E-state index is 0.142. The van der Waals surface area contributed by atoms with Gasteiger partial charge in [-0.05, 0) is 43.9 Å². The Morgan fingerprint density at radius 3 is 2.14 bits per heavy atom. The van der Waals surface area contributed by atoms with Crippen LogP contribution in [0.5, 0.6) is 0 Å². The molecule has 1 aromatic carbocycles. The molecule has 0 spiro atoms. The first-order valence-corrected chi connectivity index (χ1v) is 12.6. The summed E-state index contributed by atoms with van der Waals surface area (Å²) in [7, 11) is 0. The molecule has 6 N–H and O–H groups in total. The van der Waals surface area contributed by atoms with E-state index >= 15 is 0 Å². The molecule has 0 saturated heterocycles. The number of hydrogen-bond acceptors (Lipinski definition) is 10. The van der Waals surface area contributed by atoms with Crippen molar-refractivity contribution in [3.8, 4) is 0 Å². The van der Waals surface area contributed by atoms with E-state index in [9.17, 15) is 4.79 Å². The molecule has 0 radical (unpaired) electrons. The molecular formula is C25H42N8O3. The Hall–Kier alpha value is -3.02. The Kier molecular flexibility index (Phi) is 13.5. The van der Waals surface area contributed by atoms with E-state index in [-0.39, 0.29) is 11.9 Å². The van der Waals surface area contributed by atoms with Crippen LogP contribution in [0.3, 0.4) is 0 Å². The lowest BCUT2D eigenvalue weighted by atomic mass is 10.1. The quantitative estimate of drug-likeness (QED) is 0.192.